The van der Waals surface area contributed by atoms with E-state index in [1.807, 2.05) is 48.5 Å². The third kappa shape index (κ3) is 1.66. The van der Waals surface area contributed by atoms with E-state index in [0.29, 0.717) is 5.89 Å². The van der Waals surface area contributed by atoms with E-state index in [1.165, 1.54) is 0 Å². The molecule has 1 aromatic heterocycles. The van der Waals surface area contributed by atoms with Gasteiger partial charge in [-0.2, -0.15) is 0 Å². The predicted molar refractivity (Wildman–Crippen MR) is 72.6 cm³/mol. The topological polar surface area (TPSA) is 46.3 Å². The van der Waals surface area contributed by atoms with Crippen LogP contribution in [-0.2, 0) is 5.60 Å². The third-order valence-electron chi connectivity index (χ3n) is 3.68. The number of aromatic nitrogens is 1. The third-order valence-corrected chi connectivity index (χ3v) is 3.68. The van der Waals surface area contributed by atoms with Gasteiger partial charge in [-0.3, -0.25) is 0 Å². The van der Waals surface area contributed by atoms with Gasteiger partial charge in [-0.1, -0.05) is 30.3 Å². The number of hydrogen-bond acceptors (Lipinski definition) is 3. The number of nitrogens with zero attached hydrogens (tertiary/aromatic N) is 1. The van der Waals surface area contributed by atoms with Crippen LogP contribution >= 0.6 is 0 Å². The van der Waals surface area contributed by atoms with Crippen molar-refractivity contribution in [3.05, 3.63) is 54.1 Å². The zero-order valence-corrected chi connectivity index (χ0v) is 10.3. The average Bonchev–Trinajstić information content (AvgIpc) is 3.05. The zero-order chi connectivity index (χ0) is 12.9. The van der Waals surface area contributed by atoms with Gasteiger partial charge in [-0.25, -0.2) is 4.98 Å². The van der Waals surface area contributed by atoms with Crippen molar-refractivity contribution in [2.75, 3.05) is 0 Å². The van der Waals surface area contributed by atoms with Crippen LogP contribution in [-0.4, -0.2) is 10.1 Å². The fourth-order valence-electron chi connectivity index (χ4n) is 2.45. The molecule has 1 heterocycles. The van der Waals surface area contributed by atoms with Crippen LogP contribution in [0.15, 0.2) is 52.9 Å². The van der Waals surface area contributed by atoms with Crippen LogP contribution in [0.4, 0.5) is 0 Å². The molecule has 19 heavy (non-hydrogen) atoms. The monoisotopic (exact) mass is 251 g/mol. The van der Waals surface area contributed by atoms with Crippen LogP contribution in [0.25, 0.3) is 22.6 Å². The Labute approximate surface area is 110 Å². The summed E-state index contributed by atoms with van der Waals surface area (Å²) in [5, 5.41) is 10.3. The molecule has 94 valence electrons. The number of benzene rings is 2. The van der Waals surface area contributed by atoms with E-state index in [4.69, 9.17) is 4.42 Å². The van der Waals surface area contributed by atoms with Crippen LogP contribution in [0.5, 0.6) is 0 Å². The van der Waals surface area contributed by atoms with Gasteiger partial charge in [-0.15, -0.1) is 0 Å². The van der Waals surface area contributed by atoms with Crippen molar-refractivity contribution in [3.63, 3.8) is 0 Å². The minimum Gasteiger partial charge on any atom is -0.436 e. The van der Waals surface area contributed by atoms with E-state index in [9.17, 15) is 5.11 Å². The predicted octanol–water partition coefficient (Wildman–Crippen LogP) is 3.48. The second-order valence-corrected chi connectivity index (χ2v) is 5.06. The maximum absolute atomic E-state index is 10.3. The molecule has 1 aliphatic rings. The Morgan fingerprint density at radius 1 is 1.00 bits per heavy atom. The molecule has 3 heteroatoms. The molecule has 0 aliphatic heterocycles. The number of oxazole rings is 1. The van der Waals surface area contributed by atoms with Crippen molar-refractivity contribution in [1.82, 2.24) is 4.98 Å². The molecular weight excluding hydrogens is 238 g/mol. The smallest absolute Gasteiger partial charge is 0.227 e. The minimum atomic E-state index is -0.683. The van der Waals surface area contributed by atoms with Crippen molar-refractivity contribution in [1.29, 1.82) is 0 Å². The van der Waals surface area contributed by atoms with Crippen molar-refractivity contribution >= 4 is 11.1 Å². The molecule has 1 aliphatic carbocycles. The van der Waals surface area contributed by atoms with Crippen LogP contribution in [0.2, 0.25) is 0 Å². The first-order valence-electron chi connectivity index (χ1n) is 6.44. The standard InChI is InChI=1S/C16H13NO2/c18-16(9-10-16)12-6-2-1-5-11(12)15-17-13-7-3-4-8-14(13)19-15/h1-8,18H,9-10H2. The Morgan fingerprint density at radius 3 is 2.53 bits per heavy atom. The van der Waals surface area contributed by atoms with Gasteiger partial charge in [0.05, 0.1) is 5.60 Å². The number of fused-ring (bicyclic) bond motifs is 1. The Hall–Kier alpha value is -2.13. The molecule has 0 bridgehead atoms. The van der Waals surface area contributed by atoms with Gasteiger partial charge in [0.2, 0.25) is 5.89 Å². The van der Waals surface area contributed by atoms with E-state index in [2.05, 4.69) is 4.98 Å². The van der Waals surface area contributed by atoms with Crippen molar-refractivity contribution in [3.8, 4) is 11.5 Å². The average molecular weight is 251 g/mol. The molecule has 0 atom stereocenters. The summed E-state index contributed by atoms with van der Waals surface area (Å²) in [5.74, 6) is 0.581. The van der Waals surface area contributed by atoms with Crippen LogP contribution in [0.3, 0.4) is 0 Å². The molecule has 0 saturated heterocycles. The summed E-state index contributed by atoms with van der Waals surface area (Å²) in [6.07, 6.45) is 1.62. The number of rotatable bonds is 2. The highest BCUT2D eigenvalue weighted by molar-refractivity contribution is 5.77. The number of para-hydroxylation sites is 2. The van der Waals surface area contributed by atoms with Gasteiger partial charge in [-0.05, 0) is 36.6 Å². The van der Waals surface area contributed by atoms with Crippen molar-refractivity contribution in [2.45, 2.75) is 18.4 Å². The van der Waals surface area contributed by atoms with E-state index in [1.54, 1.807) is 0 Å². The summed E-state index contributed by atoms with van der Waals surface area (Å²) in [6.45, 7) is 0. The minimum absolute atomic E-state index is 0.581. The van der Waals surface area contributed by atoms with E-state index >= 15 is 0 Å². The summed E-state index contributed by atoms with van der Waals surface area (Å²) >= 11 is 0. The highest BCUT2D eigenvalue weighted by Gasteiger charge is 2.44. The van der Waals surface area contributed by atoms with Crippen molar-refractivity contribution in [2.24, 2.45) is 0 Å². The lowest BCUT2D eigenvalue weighted by molar-refractivity contribution is 0.152. The zero-order valence-electron chi connectivity index (χ0n) is 10.3. The lowest BCUT2D eigenvalue weighted by Crippen LogP contribution is -2.06. The van der Waals surface area contributed by atoms with E-state index in [-0.39, 0.29) is 0 Å². The lowest BCUT2D eigenvalue weighted by Gasteiger charge is -2.11. The van der Waals surface area contributed by atoms with Gasteiger partial charge in [0.1, 0.15) is 5.52 Å². The SMILES string of the molecule is OC1(c2ccccc2-c2nc3ccccc3o2)CC1. The van der Waals surface area contributed by atoms with Gasteiger partial charge in [0.25, 0.3) is 0 Å². The molecule has 0 radical (unpaired) electrons. The maximum Gasteiger partial charge on any atom is 0.227 e. The molecule has 1 fully saturated rings. The van der Waals surface area contributed by atoms with Gasteiger partial charge < -0.3 is 9.52 Å². The molecule has 4 rings (SSSR count). The molecule has 0 spiro atoms. The van der Waals surface area contributed by atoms with Gasteiger partial charge in [0.15, 0.2) is 5.58 Å². The summed E-state index contributed by atoms with van der Waals surface area (Å²) in [6, 6.07) is 15.5. The van der Waals surface area contributed by atoms with E-state index in [0.717, 1.165) is 35.1 Å². The highest BCUT2D eigenvalue weighted by atomic mass is 16.3. The first-order valence-corrected chi connectivity index (χ1v) is 6.44. The first-order chi connectivity index (χ1) is 9.26. The Balaban J connectivity index is 1.92. The largest absolute Gasteiger partial charge is 0.436 e. The molecule has 1 N–H and O–H groups in total. The Morgan fingerprint density at radius 2 is 1.74 bits per heavy atom. The van der Waals surface area contributed by atoms with Crippen LogP contribution in [0.1, 0.15) is 18.4 Å². The molecule has 1 saturated carbocycles. The quantitative estimate of drug-likeness (QED) is 0.758. The summed E-state index contributed by atoms with van der Waals surface area (Å²) in [4.78, 5) is 4.51. The van der Waals surface area contributed by atoms with Crippen LogP contribution in [0, 0.1) is 0 Å². The van der Waals surface area contributed by atoms with Crippen molar-refractivity contribution < 1.29 is 9.52 Å². The molecule has 2 aromatic carbocycles. The van der Waals surface area contributed by atoms with Crippen LogP contribution < -0.4 is 0 Å². The second kappa shape index (κ2) is 3.68. The summed E-state index contributed by atoms with van der Waals surface area (Å²) in [5.41, 5.74) is 2.74. The maximum atomic E-state index is 10.3. The number of aliphatic hydroxyl groups is 1. The lowest BCUT2D eigenvalue weighted by atomic mass is 10.0. The molecule has 0 amide bonds. The fraction of sp³-hybridized carbons (Fsp3) is 0.188. The normalized spacial score (nSPS) is 16.7. The van der Waals surface area contributed by atoms with Gasteiger partial charge >= 0.3 is 0 Å². The summed E-state index contributed by atoms with van der Waals surface area (Å²) < 4.78 is 5.80. The van der Waals surface area contributed by atoms with E-state index < -0.39 is 5.60 Å². The van der Waals surface area contributed by atoms with Gasteiger partial charge in [0, 0.05) is 5.56 Å². The molecule has 3 nitrogen and oxygen atoms in total. The summed E-state index contributed by atoms with van der Waals surface area (Å²) in [7, 11) is 0. The Bertz CT molecular complexity index is 723. The second-order valence-electron chi connectivity index (χ2n) is 5.06. The molecule has 3 aromatic rings. The number of hydrogen-bond donors (Lipinski definition) is 1. The molecular formula is C16H13NO2. The fourth-order valence-corrected chi connectivity index (χ4v) is 2.45. The molecule has 0 unspecified atom stereocenters. The Kier molecular flexibility index (Phi) is 2.09. The highest BCUT2D eigenvalue weighted by Crippen LogP contribution is 2.48. The first kappa shape index (κ1) is 10.8.